The fraction of sp³-hybridized carbons (Fsp3) is 0.250. The van der Waals surface area contributed by atoms with Gasteiger partial charge in [-0.25, -0.2) is 0 Å². The molecule has 0 bridgehead atoms. The molecule has 1 aromatic carbocycles. The quantitative estimate of drug-likeness (QED) is 0.827. The highest BCUT2D eigenvalue weighted by Gasteiger charge is 2.42. The van der Waals surface area contributed by atoms with Crippen molar-refractivity contribution < 1.29 is 18.1 Å². The second-order valence-electron chi connectivity index (χ2n) is 3.76. The van der Waals surface area contributed by atoms with Crippen molar-refractivity contribution in [3.8, 4) is 0 Å². The molecule has 1 aliphatic rings. The van der Waals surface area contributed by atoms with Gasteiger partial charge in [-0.3, -0.25) is 4.79 Å². The predicted octanol–water partition coefficient (Wildman–Crippen LogP) is 1.27. The Morgan fingerprint density at radius 3 is 2.28 bits per heavy atom. The molecule has 0 heterocycles. The van der Waals surface area contributed by atoms with E-state index < -0.39 is 8.97 Å². The van der Waals surface area contributed by atoms with E-state index in [0.29, 0.717) is 5.56 Å². The molecule has 0 atom stereocenters. The average Bonchev–Trinajstić information content (AvgIpc) is 2.37. The number of hydrogen-bond donors (Lipinski definition) is 1. The fourth-order valence-electron chi connectivity index (χ4n) is 1.80. The van der Waals surface area contributed by atoms with Gasteiger partial charge in [0.1, 0.15) is 0 Å². The molecule has 0 unspecified atom stereocenters. The molecule has 5 nitrogen and oxygen atoms in total. The molecule has 0 aromatic heterocycles. The molecule has 1 amide bonds. The van der Waals surface area contributed by atoms with Crippen molar-refractivity contribution >= 4 is 27.0 Å². The van der Waals surface area contributed by atoms with E-state index in [0.717, 1.165) is 11.1 Å². The number of rotatable bonds is 5. The molecule has 0 spiro atoms. The van der Waals surface area contributed by atoms with Gasteiger partial charge < -0.3 is 18.3 Å². The van der Waals surface area contributed by atoms with Crippen LogP contribution in [-0.4, -0.2) is 36.2 Å². The number of benzene rings is 1. The molecule has 96 valence electrons. The zero-order chi connectivity index (χ0) is 13.2. The number of fused-ring (bicyclic) bond motifs is 1. The van der Waals surface area contributed by atoms with E-state index in [9.17, 15) is 4.79 Å². The van der Waals surface area contributed by atoms with Gasteiger partial charge in [0.2, 0.25) is 5.91 Å². The van der Waals surface area contributed by atoms with Gasteiger partial charge in [-0.15, -0.1) is 0 Å². The standard InChI is InChI=1S/C12H15NO4Si/c1-15-18(16-2,17-3)13-12(14)11-6-4-5-9-7-8-10(9)11/h4-8H,1-3H3,(H,13,14). The van der Waals surface area contributed by atoms with Crippen LogP contribution in [0.3, 0.4) is 0 Å². The summed E-state index contributed by atoms with van der Waals surface area (Å²) in [6.45, 7) is 0. The highest BCUT2D eigenvalue weighted by Crippen LogP contribution is 2.26. The van der Waals surface area contributed by atoms with Gasteiger partial charge in [0.25, 0.3) is 0 Å². The Morgan fingerprint density at radius 1 is 1.11 bits per heavy atom. The van der Waals surface area contributed by atoms with Gasteiger partial charge in [0.05, 0.1) is 0 Å². The summed E-state index contributed by atoms with van der Waals surface area (Å²) in [4.78, 5) is 14.9. The van der Waals surface area contributed by atoms with E-state index in [4.69, 9.17) is 13.3 Å². The van der Waals surface area contributed by atoms with Gasteiger partial charge >= 0.3 is 8.97 Å². The van der Waals surface area contributed by atoms with Crippen LogP contribution in [-0.2, 0) is 13.3 Å². The van der Waals surface area contributed by atoms with Crippen LogP contribution in [0.1, 0.15) is 21.5 Å². The molecule has 0 aliphatic heterocycles. The van der Waals surface area contributed by atoms with Crippen molar-refractivity contribution in [2.24, 2.45) is 0 Å². The number of carbonyl (C=O) groups excluding carboxylic acids is 1. The highest BCUT2D eigenvalue weighted by atomic mass is 28.4. The molecule has 0 radical (unpaired) electrons. The number of nitrogens with one attached hydrogen (secondary N) is 1. The summed E-state index contributed by atoms with van der Waals surface area (Å²) in [5.41, 5.74) is 2.58. The second-order valence-corrected chi connectivity index (χ2v) is 6.35. The van der Waals surface area contributed by atoms with Gasteiger partial charge in [-0.05, 0) is 17.2 Å². The highest BCUT2D eigenvalue weighted by molar-refractivity contribution is 6.61. The van der Waals surface area contributed by atoms with E-state index >= 15 is 0 Å². The molecule has 0 saturated heterocycles. The summed E-state index contributed by atoms with van der Waals surface area (Å²) < 4.78 is 15.5. The zero-order valence-corrected chi connectivity index (χ0v) is 11.5. The minimum Gasteiger partial charge on any atom is -0.360 e. The Morgan fingerprint density at radius 2 is 1.78 bits per heavy atom. The van der Waals surface area contributed by atoms with Gasteiger partial charge in [-0.2, -0.15) is 0 Å². The molecule has 0 saturated carbocycles. The summed E-state index contributed by atoms with van der Waals surface area (Å²) in [5, 5.41) is 0. The van der Waals surface area contributed by atoms with E-state index in [2.05, 4.69) is 4.98 Å². The van der Waals surface area contributed by atoms with Gasteiger partial charge in [-0.1, -0.05) is 24.3 Å². The molecule has 2 rings (SSSR count). The topological polar surface area (TPSA) is 56.8 Å². The normalized spacial score (nSPS) is 12.8. The van der Waals surface area contributed by atoms with Gasteiger partial charge in [0, 0.05) is 26.9 Å². The monoisotopic (exact) mass is 265 g/mol. The zero-order valence-electron chi connectivity index (χ0n) is 10.5. The lowest BCUT2D eigenvalue weighted by molar-refractivity contribution is 0.0829. The van der Waals surface area contributed by atoms with E-state index in [-0.39, 0.29) is 5.91 Å². The Bertz CT molecular complexity index is 489. The minimum absolute atomic E-state index is 0.256. The van der Waals surface area contributed by atoms with Crippen LogP contribution in [0.4, 0.5) is 0 Å². The third kappa shape index (κ3) is 2.11. The largest absolute Gasteiger partial charge is 0.632 e. The van der Waals surface area contributed by atoms with Crippen LogP contribution < -0.4 is 4.98 Å². The first-order valence-electron chi connectivity index (χ1n) is 5.45. The second kappa shape index (κ2) is 5.03. The van der Waals surface area contributed by atoms with E-state index in [1.54, 1.807) is 6.07 Å². The Hall–Kier alpha value is -1.47. The third-order valence-electron chi connectivity index (χ3n) is 2.89. The first kappa shape index (κ1) is 13.0. The lowest BCUT2D eigenvalue weighted by Gasteiger charge is -2.25. The maximum atomic E-state index is 12.2. The molecule has 1 aliphatic carbocycles. The van der Waals surface area contributed by atoms with Crippen molar-refractivity contribution in [3.05, 3.63) is 34.9 Å². The van der Waals surface area contributed by atoms with Crippen molar-refractivity contribution in [2.75, 3.05) is 21.3 Å². The summed E-state index contributed by atoms with van der Waals surface area (Å²) in [7, 11) is 1.24. The maximum absolute atomic E-state index is 12.2. The molecule has 1 aromatic rings. The number of carbonyl (C=O) groups is 1. The lowest BCUT2D eigenvalue weighted by atomic mass is 9.92. The summed E-state index contributed by atoms with van der Waals surface area (Å²) in [6, 6.07) is 5.56. The molecular weight excluding hydrogens is 250 g/mol. The smallest absolute Gasteiger partial charge is 0.360 e. The molecule has 18 heavy (non-hydrogen) atoms. The summed E-state index contributed by atoms with van der Waals surface area (Å²) >= 11 is 0. The van der Waals surface area contributed by atoms with Gasteiger partial charge in [0.15, 0.2) is 0 Å². The van der Waals surface area contributed by atoms with E-state index in [1.807, 2.05) is 24.3 Å². The molecule has 6 heteroatoms. The van der Waals surface area contributed by atoms with Crippen LogP contribution in [0, 0.1) is 0 Å². The predicted molar refractivity (Wildman–Crippen MR) is 69.6 cm³/mol. The third-order valence-corrected chi connectivity index (χ3v) is 5.03. The van der Waals surface area contributed by atoms with E-state index in [1.165, 1.54) is 21.3 Å². The Balaban J connectivity index is 2.20. The molecular formula is C12H15NO4Si. The maximum Gasteiger partial charge on any atom is 0.632 e. The van der Waals surface area contributed by atoms with Crippen LogP contribution in [0.2, 0.25) is 0 Å². The first-order valence-corrected chi connectivity index (χ1v) is 7.17. The SMILES string of the molecule is CO[Si](NC(=O)c1cccc2c1C=C2)(OC)OC. The van der Waals surface area contributed by atoms with Crippen molar-refractivity contribution in [1.82, 2.24) is 4.98 Å². The molecule has 0 fully saturated rings. The summed E-state index contributed by atoms with van der Waals surface area (Å²) in [5.74, 6) is -0.256. The number of amides is 1. The Kier molecular flexibility index (Phi) is 3.62. The van der Waals surface area contributed by atoms with Crippen LogP contribution in [0.15, 0.2) is 18.2 Å². The minimum atomic E-state index is -3.10. The first-order chi connectivity index (χ1) is 8.65. The Labute approximate surface area is 107 Å². The fourth-order valence-corrected chi connectivity index (χ4v) is 3.02. The number of hydrogen-bond acceptors (Lipinski definition) is 4. The van der Waals surface area contributed by atoms with Crippen molar-refractivity contribution in [3.63, 3.8) is 0 Å². The van der Waals surface area contributed by atoms with Crippen LogP contribution in [0.5, 0.6) is 0 Å². The van der Waals surface area contributed by atoms with Crippen molar-refractivity contribution in [2.45, 2.75) is 0 Å². The average molecular weight is 265 g/mol. The molecule has 1 N–H and O–H groups in total. The lowest BCUT2D eigenvalue weighted by Crippen LogP contribution is -2.59. The summed E-state index contributed by atoms with van der Waals surface area (Å²) in [6.07, 6.45) is 3.86. The van der Waals surface area contributed by atoms with Crippen LogP contribution in [0.25, 0.3) is 12.2 Å². The van der Waals surface area contributed by atoms with Crippen molar-refractivity contribution in [1.29, 1.82) is 0 Å². The van der Waals surface area contributed by atoms with Crippen LogP contribution >= 0.6 is 0 Å².